The number of carbonyl (C=O) groups is 1. The summed E-state index contributed by atoms with van der Waals surface area (Å²) in [5, 5.41) is 7.76. The van der Waals surface area contributed by atoms with Crippen LogP contribution >= 0.6 is 11.3 Å². The van der Waals surface area contributed by atoms with Crippen molar-refractivity contribution in [3.63, 3.8) is 0 Å². The van der Waals surface area contributed by atoms with Crippen LogP contribution in [0.1, 0.15) is 10.5 Å². The van der Waals surface area contributed by atoms with Crippen LogP contribution in [0.4, 0.5) is 0 Å². The maximum Gasteiger partial charge on any atom is 0.300 e. The lowest BCUT2D eigenvalue weighted by Gasteiger charge is -1.94. The second kappa shape index (κ2) is 4.92. The van der Waals surface area contributed by atoms with E-state index in [9.17, 15) is 4.79 Å². The van der Waals surface area contributed by atoms with E-state index in [1.54, 1.807) is 0 Å². The Labute approximate surface area is 129 Å². The smallest absolute Gasteiger partial charge is 0.300 e. The average molecular weight is 308 g/mol. The number of hydrogen-bond acceptors (Lipinski definition) is 3. The van der Waals surface area contributed by atoms with E-state index in [1.165, 1.54) is 11.3 Å². The first-order valence-corrected chi connectivity index (χ1v) is 7.62. The average Bonchev–Trinajstić information content (AvgIpc) is 3.10. The summed E-state index contributed by atoms with van der Waals surface area (Å²) in [6.45, 7) is 0. The number of hydrogen-bond donors (Lipinski definition) is 1. The molecule has 0 unspecified atom stereocenters. The lowest BCUT2D eigenvalue weighted by atomic mass is 10.2. The summed E-state index contributed by atoms with van der Waals surface area (Å²) in [5.41, 5.74) is 2.25. The maximum absolute atomic E-state index is 12.5. The van der Waals surface area contributed by atoms with Crippen molar-refractivity contribution in [3.8, 4) is 0 Å². The highest BCUT2D eigenvalue weighted by molar-refractivity contribution is 7.16. The van der Waals surface area contributed by atoms with E-state index in [2.05, 4.69) is 15.2 Å². The third-order valence-electron chi connectivity index (χ3n) is 3.58. The van der Waals surface area contributed by atoms with E-state index in [0.717, 1.165) is 21.1 Å². The zero-order valence-electron chi connectivity index (χ0n) is 11.8. The Morgan fingerprint density at radius 3 is 2.82 bits per heavy atom. The quantitative estimate of drug-likeness (QED) is 0.587. The van der Waals surface area contributed by atoms with Crippen molar-refractivity contribution in [2.24, 2.45) is 12.0 Å². The molecule has 0 fully saturated rings. The molecular weight excluding hydrogens is 296 g/mol. The minimum atomic E-state index is -0.334. The number of thiazole rings is 1. The van der Waals surface area contributed by atoms with E-state index in [-0.39, 0.29) is 5.91 Å². The molecule has 1 amide bonds. The Morgan fingerprint density at radius 2 is 1.95 bits per heavy atom. The normalized spacial score (nSPS) is 12.3. The van der Waals surface area contributed by atoms with Crippen LogP contribution in [0.25, 0.3) is 21.1 Å². The second-order valence-electron chi connectivity index (χ2n) is 4.95. The highest BCUT2D eigenvalue weighted by Crippen LogP contribution is 2.17. The summed E-state index contributed by atoms with van der Waals surface area (Å²) >= 11 is 1.49. The van der Waals surface area contributed by atoms with Crippen molar-refractivity contribution in [1.29, 1.82) is 0 Å². The first kappa shape index (κ1) is 13.0. The van der Waals surface area contributed by atoms with Crippen LogP contribution in [-0.2, 0) is 7.05 Å². The van der Waals surface area contributed by atoms with Gasteiger partial charge in [0.25, 0.3) is 0 Å². The van der Waals surface area contributed by atoms with Gasteiger partial charge in [-0.15, -0.1) is 0 Å². The molecule has 0 bridgehead atoms. The summed E-state index contributed by atoms with van der Waals surface area (Å²) in [6, 6.07) is 15.5. The molecule has 0 saturated heterocycles. The molecule has 108 valence electrons. The molecule has 0 saturated carbocycles. The van der Waals surface area contributed by atoms with Gasteiger partial charge in [-0.2, -0.15) is 10.1 Å². The number of para-hydroxylation sites is 2. The fourth-order valence-corrected chi connectivity index (χ4v) is 3.47. The molecular formula is C16H12N4OS. The molecule has 2 aromatic carbocycles. The first-order chi connectivity index (χ1) is 10.7. The number of nitrogens with zero attached hydrogens (tertiary/aromatic N) is 3. The van der Waals surface area contributed by atoms with E-state index >= 15 is 0 Å². The third-order valence-corrected chi connectivity index (χ3v) is 4.70. The number of fused-ring (bicyclic) bond motifs is 2. The number of aromatic amines is 1. The van der Waals surface area contributed by atoms with Crippen LogP contribution in [0.2, 0.25) is 0 Å². The van der Waals surface area contributed by atoms with Gasteiger partial charge in [0.15, 0.2) is 10.5 Å². The lowest BCUT2D eigenvalue weighted by molar-refractivity contribution is 0.0994. The van der Waals surface area contributed by atoms with Crippen LogP contribution in [0.5, 0.6) is 0 Å². The summed E-state index contributed by atoms with van der Waals surface area (Å²) in [6.07, 6.45) is 0. The molecule has 0 aliphatic heterocycles. The number of benzene rings is 2. The minimum Gasteiger partial charge on any atom is -0.319 e. The molecule has 4 aromatic rings. The number of aromatic nitrogens is 3. The number of amides is 1. The zero-order valence-corrected chi connectivity index (χ0v) is 12.6. The van der Waals surface area contributed by atoms with Gasteiger partial charge < -0.3 is 4.57 Å². The predicted octanol–water partition coefficient (Wildman–Crippen LogP) is 2.86. The van der Waals surface area contributed by atoms with Gasteiger partial charge in [0, 0.05) is 12.4 Å². The highest BCUT2D eigenvalue weighted by Gasteiger charge is 2.13. The molecule has 22 heavy (non-hydrogen) atoms. The van der Waals surface area contributed by atoms with Gasteiger partial charge in [0.2, 0.25) is 0 Å². The predicted molar refractivity (Wildman–Crippen MR) is 86.8 cm³/mol. The van der Waals surface area contributed by atoms with Crippen LogP contribution in [0.15, 0.2) is 53.5 Å². The van der Waals surface area contributed by atoms with Gasteiger partial charge >= 0.3 is 5.91 Å². The molecule has 2 heterocycles. The van der Waals surface area contributed by atoms with Crippen molar-refractivity contribution >= 4 is 38.4 Å². The van der Waals surface area contributed by atoms with Gasteiger partial charge in [-0.25, -0.2) is 0 Å². The summed E-state index contributed by atoms with van der Waals surface area (Å²) < 4.78 is 3.02. The van der Waals surface area contributed by atoms with E-state index in [4.69, 9.17) is 0 Å². The Kier molecular flexibility index (Phi) is 2.90. The van der Waals surface area contributed by atoms with Crippen LogP contribution in [-0.4, -0.2) is 20.7 Å². The zero-order chi connectivity index (χ0) is 15.1. The molecule has 0 atom stereocenters. The number of carbonyl (C=O) groups excluding carboxylic acids is 1. The van der Waals surface area contributed by atoms with Crippen LogP contribution in [0.3, 0.4) is 0 Å². The third kappa shape index (κ3) is 1.96. The SMILES string of the molecule is Cn1c(=NC(=O)c2n[nH]c3ccccc23)sc2ccccc21. The largest absolute Gasteiger partial charge is 0.319 e. The molecule has 0 radical (unpaired) electrons. The molecule has 2 aromatic heterocycles. The first-order valence-electron chi connectivity index (χ1n) is 6.81. The van der Waals surface area contributed by atoms with Crippen molar-refractivity contribution in [1.82, 2.24) is 14.8 Å². The van der Waals surface area contributed by atoms with Crippen LogP contribution in [0, 0.1) is 0 Å². The minimum absolute atomic E-state index is 0.334. The van der Waals surface area contributed by atoms with E-state index < -0.39 is 0 Å². The Morgan fingerprint density at radius 1 is 1.18 bits per heavy atom. The van der Waals surface area contributed by atoms with Crippen molar-refractivity contribution in [2.75, 3.05) is 0 Å². The van der Waals surface area contributed by atoms with Gasteiger partial charge in [-0.1, -0.05) is 41.7 Å². The maximum atomic E-state index is 12.5. The molecule has 1 N–H and O–H groups in total. The topological polar surface area (TPSA) is 63.0 Å². The molecule has 0 aliphatic carbocycles. The number of aryl methyl sites for hydroxylation is 1. The summed E-state index contributed by atoms with van der Waals surface area (Å²) in [4.78, 5) is 17.4. The van der Waals surface area contributed by atoms with Gasteiger partial charge in [-0.05, 0) is 18.2 Å². The molecule has 5 nitrogen and oxygen atoms in total. The van der Waals surface area contributed by atoms with Crippen molar-refractivity contribution < 1.29 is 4.79 Å². The molecule has 0 aliphatic rings. The van der Waals surface area contributed by atoms with E-state index in [0.29, 0.717) is 10.5 Å². The summed E-state index contributed by atoms with van der Waals surface area (Å²) in [5.74, 6) is -0.334. The molecule has 0 spiro atoms. The molecule has 6 heteroatoms. The summed E-state index contributed by atoms with van der Waals surface area (Å²) in [7, 11) is 1.91. The Hall–Kier alpha value is -2.73. The Balaban J connectivity index is 1.87. The second-order valence-corrected chi connectivity index (χ2v) is 5.96. The fraction of sp³-hybridized carbons (Fsp3) is 0.0625. The fourth-order valence-electron chi connectivity index (χ4n) is 2.45. The van der Waals surface area contributed by atoms with Crippen LogP contribution < -0.4 is 4.80 Å². The standard InChI is InChI=1S/C16H12N4OS/c1-20-12-8-4-5-9-13(12)22-16(20)17-15(21)14-10-6-2-3-7-11(10)18-19-14/h2-9H,1H3,(H,18,19). The number of rotatable bonds is 1. The monoisotopic (exact) mass is 308 g/mol. The molecule has 4 rings (SSSR count). The van der Waals surface area contributed by atoms with Crippen molar-refractivity contribution in [2.45, 2.75) is 0 Å². The Bertz CT molecular complexity index is 1070. The lowest BCUT2D eigenvalue weighted by Crippen LogP contribution is -2.13. The van der Waals surface area contributed by atoms with E-state index in [1.807, 2.05) is 60.1 Å². The number of H-pyrrole nitrogens is 1. The number of nitrogens with one attached hydrogen (secondary N) is 1. The van der Waals surface area contributed by atoms with Gasteiger partial charge in [-0.3, -0.25) is 9.89 Å². The van der Waals surface area contributed by atoms with Gasteiger partial charge in [0.05, 0.1) is 15.7 Å². The van der Waals surface area contributed by atoms with Gasteiger partial charge in [0.1, 0.15) is 0 Å². The highest BCUT2D eigenvalue weighted by atomic mass is 32.1. The van der Waals surface area contributed by atoms with Crippen molar-refractivity contribution in [3.05, 3.63) is 59.0 Å².